The standard InChI is InChI=1S/C18H21ClN2O3S2/c19-16-10-13(5-6-14(16)11-26(23)24)15(9-12-3-1-2-4-12)17(22)21-18-20-7-8-25-18/h5-8,10,12,15H,1-4,9,11H2,(H,23,24)(H,20,21,22)/p-1. The van der Waals surface area contributed by atoms with Gasteiger partial charge < -0.3 is 9.87 Å². The Kier molecular flexibility index (Phi) is 6.80. The number of aromatic nitrogens is 1. The number of anilines is 1. The van der Waals surface area contributed by atoms with Crippen molar-refractivity contribution in [1.29, 1.82) is 0 Å². The van der Waals surface area contributed by atoms with Crippen molar-refractivity contribution in [2.75, 3.05) is 5.32 Å². The van der Waals surface area contributed by atoms with Crippen LogP contribution in [0, 0.1) is 5.92 Å². The lowest BCUT2D eigenvalue weighted by molar-refractivity contribution is -0.118. The fourth-order valence-corrected chi connectivity index (χ4v) is 4.85. The fourth-order valence-electron chi connectivity index (χ4n) is 3.48. The average molecular weight is 412 g/mol. The number of carbonyl (C=O) groups excluding carboxylic acids is 1. The van der Waals surface area contributed by atoms with Crippen LogP contribution in [-0.4, -0.2) is 19.7 Å². The molecule has 26 heavy (non-hydrogen) atoms. The van der Waals surface area contributed by atoms with E-state index in [1.807, 2.05) is 11.4 Å². The van der Waals surface area contributed by atoms with Crippen molar-refractivity contribution in [2.24, 2.45) is 5.92 Å². The largest absolute Gasteiger partial charge is 0.772 e. The SMILES string of the molecule is O=C(Nc1nccs1)C(CC1CCCC1)c1ccc(CS(=O)[O-])c(Cl)c1. The first-order valence-corrected chi connectivity index (χ1v) is 11.1. The molecule has 3 rings (SSSR count). The number of carbonyl (C=O) groups is 1. The maximum atomic E-state index is 12.9. The first-order chi connectivity index (χ1) is 12.5. The van der Waals surface area contributed by atoms with E-state index in [1.54, 1.807) is 18.3 Å². The van der Waals surface area contributed by atoms with E-state index in [-0.39, 0.29) is 17.6 Å². The minimum absolute atomic E-state index is 0.0944. The zero-order chi connectivity index (χ0) is 18.5. The van der Waals surface area contributed by atoms with Crippen LogP contribution in [0.25, 0.3) is 0 Å². The average Bonchev–Trinajstić information content (AvgIpc) is 3.28. The summed E-state index contributed by atoms with van der Waals surface area (Å²) in [4.78, 5) is 17.0. The highest BCUT2D eigenvalue weighted by molar-refractivity contribution is 7.78. The van der Waals surface area contributed by atoms with E-state index in [4.69, 9.17) is 11.6 Å². The van der Waals surface area contributed by atoms with Gasteiger partial charge in [0.25, 0.3) is 0 Å². The Bertz CT molecular complexity index is 777. The molecule has 1 saturated carbocycles. The van der Waals surface area contributed by atoms with Crippen LogP contribution in [0.5, 0.6) is 0 Å². The molecule has 0 spiro atoms. The van der Waals surface area contributed by atoms with E-state index >= 15 is 0 Å². The van der Waals surface area contributed by atoms with Crippen molar-refractivity contribution in [1.82, 2.24) is 4.98 Å². The van der Waals surface area contributed by atoms with Crippen molar-refractivity contribution in [3.8, 4) is 0 Å². The van der Waals surface area contributed by atoms with Gasteiger partial charge in [-0.1, -0.05) is 60.5 Å². The van der Waals surface area contributed by atoms with Crippen LogP contribution in [0.15, 0.2) is 29.8 Å². The number of rotatable bonds is 7. The molecule has 140 valence electrons. The van der Waals surface area contributed by atoms with Gasteiger partial charge in [-0.25, -0.2) is 4.98 Å². The van der Waals surface area contributed by atoms with Crippen LogP contribution in [0.3, 0.4) is 0 Å². The van der Waals surface area contributed by atoms with Gasteiger partial charge >= 0.3 is 0 Å². The minimum Gasteiger partial charge on any atom is -0.772 e. The fraction of sp³-hybridized carbons (Fsp3) is 0.444. The predicted octanol–water partition coefficient (Wildman–Crippen LogP) is 4.48. The van der Waals surface area contributed by atoms with E-state index in [9.17, 15) is 13.6 Å². The summed E-state index contributed by atoms with van der Waals surface area (Å²) in [6.07, 6.45) is 7.12. The monoisotopic (exact) mass is 411 g/mol. The molecule has 2 unspecified atom stereocenters. The minimum atomic E-state index is -2.20. The number of halogens is 1. The Labute approximate surface area is 164 Å². The van der Waals surface area contributed by atoms with Gasteiger partial charge in [-0.15, -0.1) is 11.3 Å². The number of nitrogens with zero attached hydrogens (tertiary/aromatic N) is 1. The van der Waals surface area contributed by atoms with Gasteiger partial charge in [0.15, 0.2) is 5.13 Å². The maximum absolute atomic E-state index is 12.9. The summed E-state index contributed by atoms with van der Waals surface area (Å²) >= 11 is 5.45. The summed E-state index contributed by atoms with van der Waals surface area (Å²) in [5, 5.41) is 5.66. The molecule has 5 nitrogen and oxygen atoms in total. The van der Waals surface area contributed by atoms with Gasteiger partial charge in [-0.3, -0.25) is 9.00 Å². The van der Waals surface area contributed by atoms with E-state index in [2.05, 4.69) is 10.3 Å². The summed E-state index contributed by atoms with van der Waals surface area (Å²) in [5.74, 6) is -0.0263. The van der Waals surface area contributed by atoms with Crippen molar-refractivity contribution in [3.63, 3.8) is 0 Å². The molecular weight excluding hydrogens is 392 g/mol. The Balaban J connectivity index is 1.82. The normalized spacial score (nSPS) is 17.2. The van der Waals surface area contributed by atoms with Gasteiger partial charge in [0.1, 0.15) is 0 Å². The van der Waals surface area contributed by atoms with Crippen LogP contribution in [0.1, 0.15) is 49.1 Å². The van der Waals surface area contributed by atoms with Crippen molar-refractivity contribution < 1.29 is 13.6 Å². The molecule has 0 radical (unpaired) electrons. The lowest BCUT2D eigenvalue weighted by Crippen LogP contribution is -2.23. The molecule has 2 atom stereocenters. The first-order valence-electron chi connectivity index (χ1n) is 8.57. The van der Waals surface area contributed by atoms with Crippen molar-refractivity contribution in [2.45, 2.75) is 43.8 Å². The zero-order valence-corrected chi connectivity index (χ0v) is 16.5. The third-order valence-electron chi connectivity index (χ3n) is 4.78. The molecule has 8 heteroatoms. The summed E-state index contributed by atoms with van der Waals surface area (Å²) in [5.41, 5.74) is 1.36. The van der Waals surface area contributed by atoms with Gasteiger partial charge in [-0.05, 0) is 29.5 Å². The van der Waals surface area contributed by atoms with Crippen LogP contribution < -0.4 is 5.32 Å². The van der Waals surface area contributed by atoms with E-state index in [0.29, 0.717) is 21.6 Å². The zero-order valence-electron chi connectivity index (χ0n) is 14.2. The second-order valence-electron chi connectivity index (χ2n) is 6.56. The molecule has 0 saturated heterocycles. The Morgan fingerprint density at radius 1 is 1.42 bits per heavy atom. The lowest BCUT2D eigenvalue weighted by atomic mass is 9.87. The molecule has 1 aliphatic rings. The van der Waals surface area contributed by atoms with Crippen molar-refractivity contribution in [3.05, 3.63) is 45.9 Å². The summed E-state index contributed by atoms with van der Waals surface area (Å²) in [7, 11) is 0. The Morgan fingerprint density at radius 2 is 2.19 bits per heavy atom. The quantitative estimate of drug-likeness (QED) is 0.681. The molecule has 1 heterocycles. The Morgan fingerprint density at radius 3 is 2.81 bits per heavy atom. The highest BCUT2D eigenvalue weighted by Crippen LogP contribution is 2.36. The van der Waals surface area contributed by atoms with Gasteiger partial charge in [0, 0.05) is 22.4 Å². The number of hydrogen-bond acceptors (Lipinski definition) is 5. The molecule has 1 fully saturated rings. The predicted molar refractivity (Wildman–Crippen MR) is 104 cm³/mol. The molecule has 1 amide bonds. The number of nitrogens with one attached hydrogen (secondary N) is 1. The van der Waals surface area contributed by atoms with Gasteiger partial charge in [-0.2, -0.15) is 0 Å². The molecule has 1 aromatic heterocycles. The second-order valence-corrected chi connectivity index (χ2v) is 8.76. The van der Waals surface area contributed by atoms with Crippen LogP contribution in [0.2, 0.25) is 5.02 Å². The van der Waals surface area contributed by atoms with Gasteiger partial charge in [0.2, 0.25) is 5.91 Å². The van der Waals surface area contributed by atoms with Crippen LogP contribution >= 0.6 is 22.9 Å². The molecule has 1 aliphatic carbocycles. The maximum Gasteiger partial charge on any atom is 0.233 e. The molecule has 0 aliphatic heterocycles. The summed E-state index contributed by atoms with van der Waals surface area (Å²) in [6.45, 7) is 0. The summed E-state index contributed by atoms with van der Waals surface area (Å²) < 4.78 is 21.9. The smallest absolute Gasteiger partial charge is 0.233 e. The van der Waals surface area contributed by atoms with Crippen LogP contribution in [-0.2, 0) is 21.6 Å². The van der Waals surface area contributed by atoms with E-state index < -0.39 is 11.1 Å². The second kappa shape index (κ2) is 9.08. The van der Waals surface area contributed by atoms with Crippen molar-refractivity contribution >= 4 is 45.1 Å². The number of thiazole rings is 1. The highest BCUT2D eigenvalue weighted by atomic mass is 35.5. The third-order valence-corrected chi connectivity index (χ3v) is 6.36. The molecule has 1 N–H and O–H groups in total. The number of benzene rings is 1. The topological polar surface area (TPSA) is 82.1 Å². The first kappa shape index (κ1) is 19.5. The Hall–Kier alpha value is -1.28. The van der Waals surface area contributed by atoms with E-state index in [0.717, 1.165) is 24.8 Å². The molecule has 0 bridgehead atoms. The molecule has 2 aromatic rings. The lowest BCUT2D eigenvalue weighted by Gasteiger charge is -2.21. The number of amides is 1. The van der Waals surface area contributed by atoms with Gasteiger partial charge in [0.05, 0.1) is 5.92 Å². The highest BCUT2D eigenvalue weighted by Gasteiger charge is 2.27. The third kappa shape index (κ3) is 5.13. The van der Waals surface area contributed by atoms with Crippen LogP contribution in [0.4, 0.5) is 5.13 Å². The summed E-state index contributed by atoms with van der Waals surface area (Å²) in [6, 6.07) is 5.24. The molecule has 1 aromatic carbocycles. The number of hydrogen-bond donors (Lipinski definition) is 1. The molecular formula is C18H20ClN2O3S2-. The van der Waals surface area contributed by atoms with E-state index in [1.165, 1.54) is 24.2 Å².